The molecule has 1 aromatic heterocycles. The van der Waals surface area contributed by atoms with Gasteiger partial charge in [0.1, 0.15) is 5.69 Å². The number of rotatable bonds is 4. The fraction of sp³-hybridized carbons (Fsp3) is 0.412. The average Bonchev–Trinajstić information content (AvgIpc) is 2.87. The Bertz CT molecular complexity index is 946. The summed E-state index contributed by atoms with van der Waals surface area (Å²) >= 11 is 0. The lowest BCUT2D eigenvalue weighted by Gasteiger charge is -2.24. The third-order valence-corrected chi connectivity index (χ3v) is 5.63. The molecule has 10 heteroatoms. The van der Waals surface area contributed by atoms with Crippen molar-refractivity contribution >= 4 is 27.0 Å². The molecule has 0 N–H and O–H groups in total. The van der Waals surface area contributed by atoms with Gasteiger partial charge in [-0.3, -0.25) is 10.1 Å². The summed E-state index contributed by atoms with van der Waals surface area (Å²) in [6, 6.07) is 7.90. The van der Waals surface area contributed by atoms with Crippen molar-refractivity contribution in [3.05, 3.63) is 46.1 Å². The summed E-state index contributed by atoms with van der Waals surface area (Å²) < 4.78 is 23.4. The number of aromatic nitrogens is 2. The molecule has 0 spiro atoms. The van der Waals surface area contributed by atoms with Crippen molar-refractivity contribution in [1.82, 2.24) is 10.2 Å². The van der Waals surface area contributed by atoms with Gasteiger partial charge in [-0.1, -0.05) is 0 Å². The second kappa shape index (κ2) is 7.47. The summed E-state index contributed by atoms with van der Waals surface area (Å²) in [5.41, 5.74) is 1.09. The topological polar surface area (TPSA) is 110 Å². The van der Waals surface area contributed by atoms with Crippen LogP contribution in [-0.4, -0.2) is 56.0 Å². The van der Waals surface area contributed by atoms with Crippen molar-refractivity contribution in [3.63, 3.8) is 0 Å². The Hall–Kier alpha value is -2.75. The standard InChI is InChI=1S/C17H21N5O4S/c1-13-4-7-17(19-18-13)21-9-3-8-20(10-11-21)15-6-5-14(27(2,25)26)12-16(15)22(23)24/h4-7,12H,3,8-11H2,1-2H3. The maximum absolute atomic E-state index is 11.7. The van der Waals surface area contributed by atoms with Gasteiger partial charge in [0.15, 0.2) is 15.7 Å². The van der Waals surface area contributed by atoms with Crippen LogP contribution in [0.4, 0.5) is 17.2 Å². The summed E-state index contributed by atoms with van der Waals surface area (Å²) in [7, 11) is -3.51. The van der Waals surface area contributed by atoms with E-state index in [2.05, 4.69) is 15.1 Å². The first kappa shape index (κ1) is 19.0. The van der Waals surface area contributed by atoms with Crippen LogP contribution >= 0.6 is 0 Å². The Morgan fingerprint density at radius 2 is 1.74 bits per heavy atom. The van der Waals surface area contributed by atoms with E-state index in [1.165, 1.54) is 12.1 Å². The number of aryl methyl sites for hydroxylation is 1. The van der Waals surface area contributed by atoms with E-state index in [4.69, 9.17) is 0 Å². The van der Waals surface area contributed by atoms with Crippen LogP contribution < -0.4 is 9.80 Å². The normalized spacial score (nSPS) is 15.5. The number of nitro groups is 1. The molecule has 3 rings (SSSR count). The SMILES string of the molecule is Cc1ccc(N2CCCN(c3ccc(S(C)(=O)=O)cc3[N+](=O)[O-])CC2)nn1. The first-order valence-corrected chi connectivity index (χ1v) is 10.4. The molecule has 2 heterocycles. The average molecular weight is 391 g/mol. The van der Waals surface area contributed by atoms with Crippen molar-refractivity contribution < 1.29 is 13.3 Å². The number of hydrogen-bond acceptors (Lipinski definition) is 8. The predicted molar refractivity (Wildman–Crippen MR) is 102 cm³/mol. The minimum atomic E-state index is -3.51. The van der Waals surface area contributed by atoms with Crippen LogP contribution in [0.3, 0.4) is 0 Å². The van der Waals surface area contributed by atoms with Crippen molar-refractivity contribution in [1.29, 1.82) is 0 Å². The molecular formula is C17H21N5O4S. The Morgan fingerprint density at radius 3 is 2.37 bits per heavy atom. The van der Waals surface area contributed by atoms with Crippen LogP contribution in [0.1, 0.15) is 12.1 Å². The molecule has 2 aromatic rings. The Morgan fingerprint density at radius 1 is 1.04 bits per heavy atom. The monoisotopic (exact) mass is 391 g/mol. The largest absolute Gasteiger partial charge is 0.364 e. The second-order valence-corrected chi connectivity index (χ2v) is 8.56. The lowest BCUT2D eigenvalue weighted by molar-refractivity contribution is -0.384. The summed E-state index contributed by atoms with van der Waals surface area (Å²) in [4.78, 5) is 14.9. The molecule has 0 saturated carbocycles. The van der Waals surface area contributed by atoms with E-state index >= 15 is 0 Å². The molecule has 9 nitrogen and oxygen atoms in total. The Labute approximate surface area is 157 Å². The van der Waals surface area contributed by atoms with E-state index in [1.54, 1.807) is 0 Å². The summed E-state index contributed by atoms with van der Waals surface area (Å²) in [5.74, 6) is 0.782. The summed E-state index contributed by atoms with van der Waals surface area (Å²) in [5, 5.41) is 19.8. The lowest BCUT2D eigenvalue weighted by Crippen LogP contribution is -2.31. The highest BCUT2D eigenvalue weighted by Gasteiger charge is 2.25. The number of sulfone groups is 1. The molecule has 1 fully saturated rings. The Kier molecular flexibility index (Phi) is 5.26. The third kappa shape index (κ3) is 4.33. The minimum absolute atomic E-state index is 0.0515. The zero-order valence-electron chi connectivity index (χ0n) is 15.2. The molecule has 1 saturated heterocycles. The number of hydrogen-bond donors (Lipinski definition) is 0. The quantitative estimate of drug-likeness (QED) is 0.573. The smallest absolute Gasteiger partial charge is 0.293 e. The molecule has 0 aliphatic carbocycles. The third-order valence-electron chi connectivity index (χ3n) is 4.52. The minimum Gasteiger partial charge on any atom is -0.364 e. The molecule has 27 heavy (non-hydrogen) atoms. The summed E-state index contributed by atoms with van der Waals surface area (Å²) in [6.07, 6.45) is 1.83. The van der Waals surface area contributed by atoms with E-state index in [9.17, 15) is 18.5 Å². The first-order chi connectivity index (χ1) is 12.8. The lowest BCUT2D eigenvalue weighted by atomic mass is 10.2. The summed E-state index contributed by atoms with van der Waals surface area (Å²) in [6.45, 7) is 4.48. The van der Waals surface area contributed by atoms with Crippen molar-refractivity contribution in [2.75, 3.05) is 42.2 Å². The van der Waals surface area contributed by atoms with Crippen molar-refractivity contribution in [3.8, 4) is 0 Å². The van der Waals surface area contributed by atoms with Gasteiger partial charge in [-0.25, -0.2) is 8.42 Å². The Balaban J connectivity index is 1.84. The van der Waals surface area contributed by atoms with E-state index in [1.807, 2.05) is 24.0 Å². The number of benzene rings is 1. The fourth-order valence-corrected chi connectivity index (χ4v) is 3.74. The van der Waals surface area contributed by atoms with E-state index < -0.39 is 14.8 Å². The van der Waals surface area contributed by atoms with Gasteiger partial charge in [0, 0.05) is 38.5 Å². The maximum atomic E-state index is 11.7. The fourth-order valence-electron chi connectivity index (χ4n) is 3.10. The molecule has 0 unspecified atom stereocenters. The van der Waals surface area contributed by atoms with Crippen molar-refractivity contribution in [2.24, 2.45) is 0 Å². The van der Waals surface area contributed by atoms with Gasteiger partial charge in [-0.05, 0) is 37.6 Å². The van der Waals surface area contributed by atoms with Crippen LogP contribution in [0.25, 0.3) is 0 Å². The highest BCUT2D eigenvalue weighted by atomic mass is 32.2. The molecule has 1 aliphatic heterocycles. The molecule has 0 atom stereocenters. The van der Waals surface area contributed by atoms with Gasteiger partial charge in [0.25, 0.3) is 5.69 Å². The van der Waals surface area contributed by atoms with Gasteiger partial charge >= 0.3 is 0 Å². The zero-order chi connectivity index (χ0) is 19.6. The van der Waals surface area contributed by atoms with Crippen molar-refractivity contribution in [2.45, 2.75) is 18.2 Å². The van der Waals surface area contributed by atoms with Gasteiger partial charge in [0.05, 0.1) is 15.5 Å². The molecule has 1 aromatic carbocycles. The zero-order valence-corrected chi connectivity index (χ0v) is 16.0. The molecule has 0 radical (unpaired) electrons. The highest BCUT2D eigenvalue weighted by molar-refractivity contribution is 7.90. The molecule has 0 amide bonds. The maximum Gasteiger partial charge on any atom is 0.293 e. The van der Waals surface area contributed by atoms with E-state index in [-0.39, 0.29) is 10.6 Å². The predicted octanol–water partition coefficient (Wildman–Crippen LogP) is 1.81. The van der Waals surface area contributed by atoms with Crippen LogP contribution in [0.2, 0.25) is 0 Å². The molecule has 0 bridgehead atoms. The number of nitrogens with zero attached hydrogens (tertiary/aromatic N) is 5. The number of nitro benzene ring substituents is 1. The number of anilines is 2. The first-order valence-electron chi connectivity index (χ1n) is 8.54. The van der Waals surface area contributed by atoms with Crippen LogP contribution in [-0.2, 0) is 9.84 Å². The van der Waals surface area contributed by atoms with Crippen LogP contribution in [0.5, 0.6) is 0 Å². The van der Waals surface area contributed by atoms with Gasteiger partial charge in [-0.2, -0.15) is 5.10 Å². The second-order valence-electron chi connectivity index (χ2n) is 6.54. The van der Waals surface area contributed by atoms with Gasteiger partial charge in [0.2, 0.25) is 0 Å². The van der Waals surface area contributed by atoms with E-state index in [0.717, 1.165) is 36.8 Å². The molecular weight excluding hydrogens is 370 g/mol. The molecule has 144 valence electrons. The van der Waals surface area contributed by atoms with Gasteiger partial charge < -0.3 is 9.80 Å². The van der Waals surface area contributed by atoms with E-state index in [0.29, 0.717) is 25.3 Å². The van der Waals surface area contributed by atoms with Gasteiger partial charge in [-0.15, -0.1) is 5.10 Å². The highest BCUT2D eigenvalue weighted by Crippen LogP contribution is 2.31. The molecule has 1 aliphatic rings. The van der Waals surface area contributed by atoms with Crippen LogP contribution in [0, 0.1) is 17.0 Å². The van der Waals surface area contributed by atoms with Crippen LogP contribution in [0.15, 0.2) is 35.2 Å².